The minimum atomic E-state index is -0.107. The van der Waals surface area contributed by atoms with Crippen LogP contribution in [0.25, 0.3) is 5.69 Å². The van der Waals surface area contributed by atoms with Crippen LogP contribution in [0.4, 0.5) is 11.4 Å². The van der Waals surface area contributed by atoms with Gasteiger partial charge in [-0.2, -0.15) is 5.10 Å². The molecule has 4 rings (SSSR count). The van der Waals surface area contributed by atoms with E-state index in [0.29, 0.717) is 5.69 Å². The molecule has 1 aliphatic carbocycles. The van der Waals surface area contributed by atoms with Crippen molar-refractivity contribution in [1.82, 2.24) is 14.8 Å². The van der Waals surface area contributed by atoms with E-state index in [0.717, 1.165) is 35.5 Å². The van der Waals surface area contributed by atoms with Crippen LogP contribution in [-0.2, 0) is 11.8 Å². The molecule has 2 aromatic carbocycles. The first-order valence-corrected chi connectivity index (χ1v) is 9.58. The number of carbonyl (C=O) groups is 1. The topological polar surface area (TPSA) is 80.4 Å². The summed E-state index contributed by atoms with van der Waals surface area (Å²) in [4.78, 5) is 24.5. The maximum Gasteiger partial charge on any atom is 0.295 e. The zero-order valence-electron chi connectivity index (χ0n) is 16.4. The molecule has 1 heterocycles. The molecule has 0 saturated heterocycles. The van der Waals surface area contributed by atoms with E-state index in [1.54, 1.807) is 10.9 Å². The second-order valence-electron chi connectivity index (χ2n) is 7.19. The molecule has 7 heteroatoms. The normalized spacial score (nSPS) is 13.6. The summed E-state index contributed by atoms with van der Waals surface area (Å²) in [5.74, 6) is 0.113. The number of nitrogens with zero attached hydrogens (tertiary/aromatic N) is 3. The number of nitrogens with one attached hydrogen (secondary N) is 2. The van der Waals surface area contributed by atoms with Crippen molar-refractivity contribution in [3.8, 4) is 5.69 Å². The Morgan fingerprint density at radius 1 is 1.10 bits per heavy atom. The highest BCUT2D eigenvalue weighted by Gasteiger charge is 2.29. The molecule has 0 radical (unpaired) electrons. The Morgan fingerprint density at radius 3 is 2.45 bits per heavy atom. The van der Waals surface area contributed by atoms with Gasteiger partial charge in [-0.3, -0.25) is 14.3 Å². The summed E-state index contributed by atoms with van der Waals surface area (Å²) in [5.41, 5.74) is 6.30. The maximum atomic E-state index is 13.0. The molecule has 0 spiro atoms. The minimum Gasteiger partial charge on any atom is -0.349 e. The molecule has 0 aliphatic heterocycles. The van der Waals surface area contributed by atoms with Crippen molar-refractivity contribution in [3.63, 3.8) is 0 Å². The Kier molecular flexibility index (Phi) is 5.03. The second-order valence-corrected chi connectivity index (χ2v) is 7.19. The van der Waals surface area contributed by atoms with Crippen molar-refractivity contribution < 1.29 is 4.79 Å². The molecule has 3 aromatic rings. The van der Waals surface area contributed by atoms with Gasteiger partial charge < -0.3 is 5.32 Å². The maximum absolute atomic E-state index is 13.0. The number of hydrazone groups is 1. The summed E-state index contributed by atoms with van der Waals surface area (Å²) in [6, 6.07) is 17.1. The molecular formula is C22H23N5O2. The van der Waals surface area contributed by atoms with E-state index in [2.05, 4.69) is 15.8 Å². The zero-order chi connectivity index (χ0) is 20.4. The molecule has 2 N–H and O–H groups in total. The Bertz CT molecular complexity index is 1110. The number of hydrogen-bond acceptors (Lipinski definition) is 4. The summed E-state index contributed by atoms with van der Waals surface area (Å²) in [6.07, 6.45) is 3.51. The Hall–Kier alpha value is -3.61. The second kappa shape index (κ2) is 7.79. The van der Waals surface area contributed by atoms with Crippen LogP contribution in [0.3, 0.4) is 0 Å². The Morgan fingerprint density at radius 2 is 1.79 bits per heavy atom. The molecule has 1 aliphatic rings. The third-order valence-corrected chi connectivity index (χ3v) is 5.07. The highest BCUT2D eigenvalue weighted by Crippen LogP contribution is 2.28. The zero-order valence-corrected chi connectivity index (χ0v) is 16.4. The predicted octanol–water partition coefficient (Wildman–Crippen LogP) is 3.09. The van der Waals surface area contributed by atoms with Crippen LogP contribution in [0.5, 0.6) is 0 Å². The van der Waals surface area contributed by atoms with Gasteiger partial charge in [0.1, 0.15) is 5.69 Å². The van der Waals surface area contributed by atoms with Crippen LogP contribution in [0.2, 0.25) is 0 Å². The lowest BCUT2D eigenvalue weighted by Gasteiger charge is -2.07. The first-order valence-electron chi connectivity index (χ1n) is 9.58. The van der Waals surface area contributed by atoms with Gasteiger partial charge in [-0.25, -0.2) is 10.1 Å². The average Bonchev–Trinajstić information content (AvgIpc) is 3.56. The van der Waals surface area contributed by atoms with E-state index in [1.165, 1.54) is 0 Å². The van der Waals surface area contributed by atoms with Crippen molar-refractivity contribution in [2.75, 3.05) is 5.32 Å². The molecule has 29 heavy (non-hydrogen) atoms. The van der Waals surface area contributed by atoms with Gasteiger partial charge in [0.15, 0.2) is 0 Å². The van der Waals surface area contributed by atoms with E-state index < -0.39 is 0 Å². The van der Waals surface area contributed by atoms with Crippen LogP contribution in [0.15, 0.2) is 64.5 Å². The van der Waals surface area contributed by atoms with Crippen molar-refractivity contribution >= 4 is 23.5 Å². The highest BCUT2D eigenvalue weighted by atomic mass is 16.2. The van der Waals surface area contributed by atoms with Crippen LogP contribution in [0, 0.1) is 12.8 Å². The molecule has 7 nitrogen and oxygen atoms in total. The first-order chi connectivity index (χ1) is 14.0. The van der Waals surface area contributed by atoms with Crippen LogP contribution >= 0.6 is 0 Å². The van der Waals surface area contributed by atoms with E-state index in [9.17, 15) is 9.59 Å². The molecule has 1 amide bonds. The first kappa shape index (κ1) is 18.7. The van der Waals surface area contributed by atoms with Gasteiger partial charge >= 0.3 is 0 Å². The van der Waals surface area contributed by atoms with Crippen molar-refractivity contribution in [2.45, 2.75) is 19.8 Å². The molecule has 1 saturated carbocycles. The Labute approximate surface area is 168 Å². The number of benzene rings is 2. The number of hydrogen-bond donors (Lipinski definition) is 2. The van der Waals surface area contributed by atoms with Gasteiger partial charge in [0, 0.05) is 18.7 Å². The van der Waals surface area contributed by atoms with Crippen molar-refractivity contribution in [1.29, 1.82) is 0 Å². The molecule has 148 valence electrons. The van der Waals surface area contributed by atoms with Gasteiger partial charge in [0.25, 0.3) is 5.56 Å². The summed E-state index contributed by atoms with van der Waals surface area (Å²) in [6.45, 7) is 1.91. The van der Waals surface area contributed by atoms with E-state index >= 15 is 0 Å². The van der Waals surface area contributed by atoms with E-state index in [-0.39, 0.29) is 17.4 Å². The molecule has 1 aromatic heterocycles. The van der Waals surface area contributed by atoms with Gasteiger partial charge in [-0.05, 0) is 49.6 Å². The predicted molar refractivity (Wildman–Crippen MR) is 114 cm³/mol. The fraction of sp³-hybridized carbons (Fsp3) is 0.227. The summed E-state index contributed by atoms with van der Waals surface area (Å²) in [5, 5.41) is 7.22. The van der Waals surface area contributed by atoms with Crippen LogP contribution < -0.4 is 16.3 Å². The third-order valence-electron chi connectivity index (χ3n) is 5.07. The Balaban J connectivity index is 1.50. The smallest absolute Gasteiger partial charge is 0.295 e. The van der Waals surface area contributed by atoms with E-state index in [4.69, 9.17) is 0 Å². The monoisotopic (exact) mass is 389 g/mol. The lowest BCUT2D eigenvalue weighted by atomic mass is 10.2. The summed E-state index contributed by atoms with van der Waals surface area (Å²) in [7, 11) is 1.87. The lowest BCUT2D eigenvalue weighted by molar-refractivity contribution is -0.122. The molecule has 0 atom stereocenters. The minimum absolute atomic E-state index is 0.0196. The van der Waals surface area contributed by atoms with Crippen LogP contribution in [0.1, 0.15) is 24.1 Å². The van der Waals surface area contributed by atoms with Gasteiger partial charge in [-0.15, -0.1) is 0 Å². The largest absolute Gasteiger partial charge is 0.349 e. The number of amides is 1. The SMILES string of the molecule is Cc1c(Nc2ccc(/C=N\NC(=O)C3CC3)cc2)c(=O)n(-c2ccccc2)n1C. The van der Waals surface area contributed by atoms with Gasteiger partial charge in [0.2, 0.25) is 5.91 Å². The van der Waals surface area contributed by atoms with Gasteiger partial charge in [0.05, 0.1) is 17.6 Å². The van der Waals surface area contributed by atoms with Crippen LogP contribution in [-0.4, -0.2) is 21.5 Å². The number of para-hydroxylation sites is 1. The molecule has 0 bridgehead atoms. The molecule has 0 unspecified atom stereocenters. The summed E-state index contributed by atoms with van der Waals surface area (Å²) >= 11 is 0. The third kappa shape index (κ3) is 3.99. The number of aromatic nitrogens is 2. The van der Waals surface area contributed by atoms with E-state index in [1.807, 2.05) is 73.3 Å². The summed E-state index contributed by atoms with van der Waals surface area (Å²) < 4.78 is 3.48. The number of carbonyl (C=O) groups excluding carboxylic acids is 1. The fourth-order valence-corrected chi connectivity index (χ4v) is 3.12. The number of anilines is 2. The molecular weight excluding hydrogens is 366 g/mol. The quantitative estimate of drug-likeness (QED) is 0.502. The average molecular weight is 389 g/mol. The van der Waals surface area contributed by atoms with Gasteiger partial charge in [-0.1, -0.05) is 30.3 Å². The lowest BCUT2D eigenvalue weighted by Crippen LogP contribution is -2.20. The molecule has 1 fully saturated rings. The van der Waals surface area contributed by atoms with Crippen molar-refractivity contribution in [2.24, 2.45) is 18.1 Å². The standard InChI is InChI=1S/C22H23N5O2/c1-15-20(22(29)27(26(15)2)19-6-4-3-5-7-19)24-18-12-8-16(9-13-18)14-23-25-21(28)17-10-11-17/h3-9,12-14,17,24H,10-11H2,1-2H3,(H,25,28)/b23-14-. The fourth-order valence-electron chi connectivity index (χ4n) is 3.12. The highest BCUT2D eigenvalue weighted by molar-refractivity contribution is 5.84. The number of rotatable bonds is 6. The van der Waals surface area contributed by atoms with Crippen molar-refractivity contribution in [3.05, 3.63) is 76.2 Å².